The maximum atomic E-state index is 12.0. The number of carbonyl (C=O) groups excluding carboxylic acids is 2. The SMILES string of the molecule is C/C=C/CC(NC(=O)C(C)NC(=O)CC1CCCCC1)C(=O)O. The highest BCUT2D eigenvalue weighted by Crippen LogP contribution is 2.26. The fraction of sp³-hybridized carbons (Fsp3) is 0.706. The van der Waals surface area contributed by atoms with Crippen molar-refractivity contribution in [3.05, 3.63) is 12.2 Å². The molecule has 1 fully saturated rings. The van der Waals surface area contributed by atoms with Crippen molar-refractivity contribution >= 4 is 17.8 Å². The lowest BCUT2D eigenvalue weighted by Gasteiger charge is -2.22. The van der Waals surface area contributed by atoms with E-state index >= 15 is 0 Å². The Balaban J connectivity index is 2.41. The normalized spacial score (nSPS) is 18.3. The first-order valence-corrected chi connectivity index (χ1v) is 8.37. The number of hydrogen-bond acceptors (Lipinski definition) is 3. The summed E-state index contributed by atoms with van der Waals surface area (Å²) in [5.41, 5.74) is 0. The van der Waals surface area contributed by atoms with Gasteiger partial charge in [0.05, 0.1) is 0 Å². The summed E-state index contributed by atoms with van der Waals surface area (Å²) in [6, 6.07) is -1.71. The molecule has 130 valence electrons. The molecule has 6 heteroatoms. The molecule has 2 amide bonds. The fourth-order valence-electron chi connectivity index (χ4n) is 2.81. The molecule has 0 heterocycles. The van der Waals surface area contributed by atoms with Crippen molar-refractivity contribution in [1.29, 1.82) is 0 Å². The van der Waals surface area contributed by atoms with Crippen molar-refractivity contribution in [2.75, 3.05) is 0 Å². The predicted octanol–water partition coefficient (Wildman–Crippen LogP) is 2.00. The van der Waals surface area contributed by atoms with Crippen LogP contribution in [0.3, 0.4) is 0 Å². The number of carboxylic acid groups (broad SMARTS) is 1. The van der Waals surface area contributed by atoms with Gasteiger partial charge in [0.2, 0.25) is 11.8 Å². The van der Waals surface area contributed by atoms with Gasteiger partial charge in [-0.2, -0.15) is 0 Å². The molecule has 0 spiro atoms. The summed E-state index contributed by atoms with van der Waals surface area (Å²) >= 11 is 0. The van der Waals surface area contributed by atoms with E-state index in [2.05, 4.69) is 10.6 Å². The van der Waals surface area contributed by atoms with Crippen molar-refractivity contribution < 1.29 is 19.5 Å². The number of nitrogens with one attached hydrogen (secondary N) is 2. The van der Waals surface area contributed by atoms with Gasteiger partial charge in [-0.3, -0.25) is 9.59 Å². The summed E-state index contributed by atoms with van der Waals surface area (Å²) < 4.78 is 0. The summed E-state index contributed by atoms with van der Waals surface area (Å²) in [4.78, 5) is 35.1. The molecule has 23 heavy (non-hydrogen) atoms. The fourth-order valence-corrected chi connectivity index (χ4v) is 2.81. The molecule has 1 aliphatic rings. The zero-order valence-corrected chi connectivity index (χ0v) is 14.0. The van der Waals surface area contributed by atoms with E-state index in [1.807, 2.05) is 0 Å². The van der Waals surface area contributed by atoms with Gasteiger partial charge in [0.25, 0.3) is 0 Å². The molecule has 1 aliphatic carbocycles. The Kier molecular flexibility index (Phi) is 8.37. The van der Waals surface area contributed by atoms with Gasteiger partial charge in [-0.15, -0.1) is 0 Å². The predicted molar refractivity (Wildman–Crippen MR) is 87.8 cm³/mol. The lowest BCUT2D eigenvalue weighted by atomic mass is 9.87. The molecular formula is C17H28N2O4. The summed E-state index contributed by atoms with van der Waals surface area (Å²) in [6.45, 7) is 3.36. The molecule has 1 saturated carbocycles. The van der Waals surface area contributed by atoms with Crippen LogP contribution >= 0.6 is 0 Å². The highest BCUT2D eigenvalue weighted by molar-refractivity contribution is 5.90. The van der Waals surface area contributed by atoms with Crippen molar-refractivity contribution in [3.63, 3.8) is 0 Å². The molecule has 0 aromatic heterocycles. The van der Waals surface area contributed by atoms with Crippen molar-refractivity contribution in [3.8, 4) is 0 Å². The second-order valence-corrected chi connectivity index (χ2v) is 6.20. The number of allylic oxidation sites excluding steroid dienone is 1. The van der Waals surface area contributed by atoms with E-state index in [9.17, 15) is 14.4 Å². The van der Waals surface area contributed by atoms with Crippen LogP contribution in [-0.4, -0.2) is 35.0 Å². The Morgan fingerprint density at radius 3 is 2.39 bits per heavy atom. The average molecular weight is 324 g/mol. The Morgan fingerprint density at radius 2 is 1.83 bits per heavy atom. The van der Waals surface area contributed by atoms with E-state index in [-0.39, 0.29) is 12.3 Å². The molecule has 6 nitrogen and oxygen atoms in total. The van der Waals surface area contributed by atoms with E-state index in [1.165, 1.54) is 19.3 Å². The molecular weight excluding hydrogens is 296 g/mol. The molecule has 0 bridgehead atoms. The van der Waals surface area contributed by atoms with E-state index < -0.39 is 24.0 Å². The number of carbonyl (C=O) groups is 3. The first-order chi connectivity index (χ1) is 10.9. The number of amides is 2. The summed E-state index contributed by atoms with van der Waals surface area (Å²) in [7, 11) is 0. The third-order valence-electron chi connectivity index (χ3n) is 4.19. The number of rotatable bonds is 8. The van der Waals surface area contributed by atoms with Gasteiger partial charge in [0, 0.05) is 6.42 Å². The van der Waals surface area contributed by atoms with Gasteiger partial charge < -0.3 is 15.7 Å². The number of carboxylic acids is 1. The Morgan fingerprint density at radius 1 is 1.17 bits per heavy atom. The lowest BCUT2D eigenvalue weighted by molar-refractivity contribution is -0.142. The van der Waals surface area contributed by atoms with E-state index in [4.69, 9.17) is 5.11 Å². The summed E-state index contributed by atoms with van der Waals surface area (Å²) in [6.07, 6.45) is 9.79. The van der Waals surface area contributed by atoms with E-state index in [0.717, 1.165) is 12.8 Å². The Labute approximate surface area is 137 Å². The maximum Gasteiger partial charge on any atom is 0.326 e. The monoisotopic (exact) mass is 324 g/mol. The van der Waals surface area contributed by atoms with Crippen LogP contribution in [0.1, 0.15) is 58.8 Å². The third kappa shape index (κ3) is 7.30. The van der Waals surface area contributed by atoms with Gasteiger partial charge in [0.15, 0.2) is 0 Å². The van der Waals surface area contributed by atoms with Gasteiger partial charge in [0.1, 0.15) is 12.1 Å². The van der Waals surface area contributed by atoms with Gasteiger partial charge in [-0.25, -0.2) is 4.79 Å². The van der Waals surface area contributed by atoms with Crippen LogP contribution in [0.25, 0.3) is 0 Å². The van der Waals surface area contributed by atoms with E-state index in [1.54, 1.807) is 26.0 Å². The molecule has 1 rings (SSSR count). The number of aliphatic carboxylic acids is 1. The Bertz CT molecular complexity index is 442. The standard InChI is InChI=1S/C17H28N2O4/c1-3-4-10-14(17(22)23)19-16(21)12(2)18-15(20)11-13-8-6-5-7-9-13/h3-4,12-14H,5-11H2,1-2H3,(H,18,20)(H,19,21)(H,22,23)/b4-3+. The minimum atomic E-state index is -1.09. The first kappa shape index (κ1) is 19.2. The van der Waals surface area contributed by atoms with Crippen LogP contribution in [0.2, 0.25) is 0 Å². The van der Waals surface area contributed by atoms with Crippen LogP contribution in [0.15, 0.2) is 12.2 Å². The van der Waals surface area contributed by atoms with Gasteiger partial charge >= 0.3 is 5.97 Å². The van der Waals surface area contributed by atoms with Crippen LogP contribution in [-0.2, 0) is 14.4 Å². The largest absolute Gasteiger partial charge is 0.480 e. The van der Waals surface area contributed by atoms with Crippen LogP contribution in [0.4, 0.5) is 0 Å². The van der Waals surface area contributed by atoms with Crippen molar-refractivity contribution in [1.82, 2.24) is 10.6 Å². The quantitative estimate of drug-likeness (QED) is 0.595. The van der Waals surface area contributed by atoms with Crippen LogP contribution in [0.5, 0.6) is 0 Å². The summed E-state index contributed by atoms with van der Waals surface area (Å²) in [5, 5.41) is 14.2. The highest BCUT2D eigenvalue weighted by atomic mass is 16.4. The molecule has 0 aromatic carbocycles. The molecule has 0 aromatic rings. The Hall–Kier alpha value is -1.85. The van der Waals surface area contributed by atoms with Crippen molar-refractivity contribution in [2.45, 2.75) is 70.9 Å². The van der Waals surface area contributed by atoms with Gasteiger partial charge in [-0.1, -0.05) is 31.4 Å². The zero-order chi connectivity index (χ0) is 17.2. The lowest BCUT2D eigenvalue weighted by Crippen LogP contribution is -2.50. The second-order valence-electron chi connectivity index (χ2n) is 6.20. The number of hydrogen-bond donors (Lipinski definition) is 3. The molecule has 2 unspecified atom stereocenters. The second kappa shape index (κ2) is 10.0. The molecule has 0 aliphatic heterocycles. The topological polar surface area (TPSA) is 95.5 Å². The smallest absolute Gasteiger partial charge is 0.326 e. The minimum Gasteiger partial charge on any atom is -0.480 e. The van der Waals surface area contributed by atoms with Crippen LogP contribution in [0, 0.1) is 5.92 Å². The molecule has 0 saturated heterocycles. The van der Waals surface area contributed by atoms with Crippen molar-refractivity contribution in [2.24, 2.45) is 5.92 Å². The summed E-state index contributed by atoms with van der Waals surface area (Å²) in [5.74, 6) is -1.29. The third-order valence-corrected chi connectivity index (χ3v) is 4.19. The van der Waals surface area contributed by atoms with Gasteiger partial charge in [-0.05, 0) is 39.0 Å². The highest BCUT2D eigenvalue weighted by Gasteiger charge is 2.24. The average Bonchev–Trinajstić information content (AvgIpc) is 2.51. The first-order valence-electron chi connectivity index (χ1n) is 8.37. The molecule has 3 N–H and O–H groups in total. The molecule has 2 atom stereocenters. The van der Waals surface area contributed by atoms with Crippen LogP contribution < -0.4 is 10.6 Å². The zero-order valence-electron chi connectivity index (χ0n) is 14.0. The minimum absolute atomic E-state index is 0.139. The maximum absolute atomic E-state index is 12.0. The van der Waals surface area contributed by atoms with E-state index in [0.29, 0.717) is 12.3 Å². The molecule has 0 radical (unpaired) electrons.